The normalized spacial score (nSPS) is 20.8. The fraction of sp³-hybridized carbons (Fsp3) is 0.625. The van der Waals surface area contributed by atoms with E-state index in [1.54, 1.807) is 0 Å². The molecule has 1 aromatic rings. The maximum atomic E-state index is 3.29. The highest BCUT2D eigenvalue weighted by Gasteiger charge is 2.16. The molecule has 2 heteroatoms. The van der Waals surface area contributed by atoms with Crippen LogP contribution in [0.5, 0.6) is 0 Å². The van der Waals surface area contributed by atoms with E-state index in [0.717, 1.165) is 12.5 Å². The molecule has 18 heavy (non-hydrogen) atoms. The van der Waals surface area contributed by atoms with Crippen molar-refractivity contribution in [3.63, 3.8) is 0 Å². The maximum Gasteiger partial charge on any atom is 0.0412 e. The van der Waals surface area contributed by atoms with Gasteiger partial charge in [0.05, 0.1) is 0 Å². The van der Waals surface area contributed by atoms with Crippen LogP contribution in [0.4, 0.5) is 5.69 Å². The summed E-state index contributed by atoms with van der Waals surface area (Å²) in [6.45, 7) is 7.94. The fourth-order valence-corrected chi connectivity index (χ4v) is 2.86. The first kappa shape index (κ1) is 13.4. The van der Waals surface area contributed by atoms with E-state index in [2.05, 4.69) is 42.3 Å². The Hall–Kier alpha value is -1.02. The van der Waals surface area contributed by atoms with Gasteiger partial charge in [-0.15, -0.1) is 0 Å². The third-order valence-electron chi connectivity index (χ3n) is 3.96. The molecule has 1 N–H and O–H groups in total. The zero-order chi connectivity index (χ0) is 13.0. The molecule has 0 aromatic heterocycles. The fourth-order valence-electron chi connectivity index (χ4n) is 2.86. The monoisotopic (exact) mass is 246 g/mol. The first-order valence-corrected chi connectivity index (χ1v) is 7.20. The minimum absolute atomic E-state index is 0.883. The number of nitrogens with zero attached hydrogens (tertiary/aromatic N) is 1. The van der Waals surface area contributed by atoms with Gasteiger partial charge in [-0.25, -0.2) is 0 Å². The number of hydrogen-bond acceptors (Lipinski definition) is 2. The second-order valence-electron chi connectivity index (χ2n) is 5.69. The van der Waals surface area contributed by atoms with E-state index in [-0.39, 0.29) is 0 Å². The molecule has 0 saturated carbocycles. The number of hydrogen-bond donors (Lipinski definition) is 1. The van der Waals surface area contributed by atoms with Crippen molar-refractivity contribution in [3.8, 4) is 0 Å². The molecule has 1 atom stereocenters. The van der Waals surface area contributed by atoms with Crippen LogP contribution in [0.1, 0.15) is 37.3 Å². The minimum Gasteiger partial charge on any atom is -0.371 e. The Kier molecular flexibility index (Phi) is 4.65. The van der Waals surface area contributed by atoms with Gasteiger partial charge in [-0.1, -0.05) is 24.6 Å². The first-order chi connectivity index (χ1) is 8.70. The maximum absolute atomic E-state index is 3.29. The van der Waals surface area contributed by atoms with Crippen molar-refractivity contribution in [1.82, 2.24) is 5.32 Å². The lowest BCUT2D eigenvalue weighted by molar-refractivity contribution is 0.521. The molecule has 2 rings (SSSR count). The summed E-state index contributed by atoms with van der Waals surface area (Å²) in [5.41, 5.74) is 4.23. The molecule has 1 heterocycles. The van der Waals surface area contributed by atoms with Crippen LogP contribution >= 0.6 is 0 Å². The predicted octanol–water partition coefficient (Wildman–Crippen LogP) is 3.34. The van der Waals surface area contributed by atoms with Gasteiger partial charge in [0.25, 0.3) is 0 Å². The molecule has 1 aliphatic heterocycles. The number of aryl methyl sites for hydroxylation is 1. The van der Waals surface area contributed by atoms with Crippen molar-refractivity contribution in [1.29, 1.82) is 0 Å². The molecular weight excluding hydrogens is 220 g/mol. The summed E-state index contributed by atoms with van der Waals surface area (Å²) < 4.78 is 0. The van der Waals surface area contributed by atoms with Gasteiger partial charge < -0.3 is 10.2 Å². The van der Waals surface area contributed by atoms with E-state index in [0.29, 0.717) is 0 Å². The topological polar surface area (TPSA) is 15.3 Å². The molecule has 1 aromatic carbocycles. The summed E-state index contributed by atoms with van der Waals surface area (Å²) in [6.07, 6.45) is 4.03. The van der Waals surface area contributed by atoms with E-state index >= 15 is 0 Å². The van der Waals surface area contributed by atoms with Crippen LogP contribution in [0.2, 0.25) is 0 Å². The van der Waals surface area contributed by atoms with E-state index in [9.17, 15) is 0 Å². The lowest BCUT2D eigenvalue weighted by Crippen LogP contribution is -2.26. The Labute approximate surface area is 111 Å². The number of anilines is 1. The third-order valence-corrected chi connectivity index (χ3v) is 3.96. The molecule has 0 bridgehead atoms. The van der Waals surface area contributed by atoms with Crippen LogP contribution in [0.15, 0.2) is 18.2 Å². The van der Waals surface area contributed by atoms with Gasteiger partial charge in [0.2, 0.25) is 0 Å². The van der Waals surface area contributed by atoms with Crippen LogP contribution in [0.3, 0.4) is 0 Å². The molecule has 0 spiro atoms. The molecule has 2 nitrogen and oxygen atoms in total. The van der Waals surface area contributed by atoms with E-state index in [1.165, 1.54) is 49.2 Å². The molecule has 1 unspecified atom stereocenters. The molecular formula is C16H26N2. The van der Waals surface area contributed by atoms with Crippen molar-refractivity contribution in [3.05, 3.63) is 29.3 Å². The van der Waals surface area contributed by atoms with Gasteiger partial charge in [-0.05, 0) is 50.8 Å². The number of benzene rings is 1. The van der Waals surface area contributed by atoms with Gasteiger partial charge >= 0.3 is 0 Å². The zero-order valence-corrected chi connectivity index (χ0v) is 12.0. The van der Waals surface area contributed by atoms with Gasteiger partial charge in [-0.3, -0.25) is 0 Å². The molecule has 0 amide bonds. The zero-order valence-electron chi connectivity index (χ0n) is 12.0. The summed E-state index contributed by atoms with van der Waals surface area (Å²) in [6, 6.07) is 6.86. The average Bonchev–Trinajstić information content (AvgIpc) is 2.55. The second kappa shape index (κ2) is 6.24. The molecule has 1 aliphatic rings. The average molecular weight is 246 g/mol. The quantitative estimate of drug-likeness (QED) is 0.880. The Morgan fingerprint density at radius 2 is 2.11 bits per heavy atom. The van der Waals surface area contributed by atoms with Crippen LogP contribution in [0, 0.1) is 12.8 Å². The lowest BCUT2D eigenvalue weighted by Gasteiger charge is -2.26. The molecule has 100 valence electrons. The van der Waals surface area contributed by atoms with E-state index in [4.69, 9.17) is 0 Å². The van der Waals surface area contributed by atoms with E-state index in [1.807, 2.05) is 7.05 Å². The van der Waals surface area contributed by atoms with E-state index < -0.39 is 0 Å². The first-order valence-electron chi connectivity index (χ1n) is 7.20. The summed E-state index contributed by atoms with van der Waals surface area (Å²) in [4.78, 5) is 2.58. The van der Waals surface area contributed by atoms with Crippen LogP contribution in [-0.2, 0) is 6.54 Å². The Balaban J connectivity index is 2.20. The van der Waals surface area contributed by atoms with Gasteiger partial charge in [0.1, 0.15) is 0 Å². The highest BCUT2D eigenvalue weighted by atomic mass is 15.1. The third kappa shape index (κ3) is 3.26. The largest absolute Gasteiger partial charge is 0.371 e. The Morgan fingerprint density at radius 3 is 2.89 bits per heavy atom. The van der Waals surface area contributed by atoms with Gasteiger partial charge in [0, 0.05) is 25.3 Å². The molecule has 1 fully saturated rings. The Morgan fingerprint density at radius 1 is 1.28 bits per heavy atom. The van der Waals surface area contributed by atoms with Crippen LogP contribution in [0.25, 0.3) is 0 Å². The number of rotatable bonds is 3. The van der Waals surface area contributed by atoms with Crippen LogP contribution < -0.4 is 10.2 Å². The number of nitrogens with one attached hydrogen (secondary N) is 1. The highest BCUT2D eigenvalue weighted by Crippen LogP contribution is 2.26. The molecule has 0 aliphatic carbocycles. The van der Waals surface area contributed by atoms with Crippen molar-refractivity contribution in [2.45, 2.75) is 39.7 Å². The summed E-state index contributed by atoms with van der Waals surface area (Å²) >= 11 is 0. The van der Waals surface area contributed by atoms with Crippen molar-refractivity contribution in [2.75, 3.05) is 25.0 Å². The summed E-state index contributed by atoms with van der Waals surface area (Å²) in [5.74, 6) is 0.883. The predicted molar refractivity (Wildman–Crippen MR) is 79.2 cm³/mol. The van der Waals surface area contributed by atoms with Crippen molar-refractivity contribution < 1.29 is 0 Å². The SMILES string of the molecule is CNCc1cc(C)ccc1N1CCCC(C)CC1. The molecule has 1 saturated heterocycles. The minimum atomic E-state index is 0.883. The van der Waals surface area contributed by atoms with Gasteiger partial charge in [0.15, 0.2) is 0 Å². The van der Waals surface area contributed by atoms with Crippen molar-refractivity contribution in [2.24, 2.45) is 5.92 Å². The van der Waals surface area contributed by atoms with Crippen molar-refractivity contribution >= 4 is 5.69 Å². The smallest absolute Gasteiger partial charge is 0.0412 e. The lowest BCUT2D eigenvalue weighted by atomic mass is 10.0. The van der Waals surface area contributed by atoms with Crippen LogP contribution in [-0.4, -0.2) is 20.1 Å². The highest BCUT2D eigenvalue weighted by molar-refractivity contribution is 5.55. The summed E-state index contributed by atoms with van der Waals surface area (Å²) in [5, 5.41) is 3.29. The molecule has 0 radical (unpaired) electrons. The Bertz CT molecular complexity index is 387. The second-order valence-corrected chi connectivity index (χ2v) is 5.69. The van der Waals surface area contributed by atoms with Gasteiger partial charge in [-0.2, -0.15) is 0 Å². The summed E-state index contributed by atoms with van der Waals surface area (Å²) in [7, 11) is 2.02. The standard InChI is InChI=1S/C16H26N2/c1-13-5-4-9-18(10-8-13)16-7-6-14(2)11-15(16)12-17-3/h6-7,11,13,17H,4-5,8-10,12H2,1-3H3.